The highest BCUT2D eigenvalue weighted by Gasteiger charge is 2.24. The Morgan fingerprint density at radius 3 is 2.76 bits per heavy atom. The van der Waals surface area contributed by atoms with E-state index in [1.807, 2.05) is 23.1 Å². The van der Waals surface area contributed by atoms with Crippen molar-refractivity contribution in [3.8, 4) is 5.75 Å². The Morgan fingerprint density at radius 1 is 1.21 bits per heavy atom. The van der Waals surface area contributed by atoms with Gasteiger partial charge in [0.15, 0.2) is 6.61 Å². The third kappa shape index (κ3) is 4.40. The average molecular weight is 400 g/mol. The van der Waals surface area contributed by atoms with Crippen LogP contribution in [0.3, 0.4) is 0 Å². The Morgan fingerprint density at radius 2 is 1.97 bits per heavy atom. The fraction of sp³-hybridized carbons (Fsp3) is 0.545. The summed E-state index contributed by atoms with van der Waals surface area (Å²) < 4.78 is 11.7. The molecule has 0 unspecified atom stereocenters. The number of piperazine rings is 1. The number of fused-ring (bicyclic) bond motifs is 3. The van der Waals surface area contributed by atoms with Gasteiger partial charge in [-0.15, -0.1) is 0 Å². The number of hydrogen-bond donors (Lipinski definition) is 1. The maximum Gasteiger partial charge on any atom is 0.260 e. The highest BCUT2D eigenvalue weighted by atomic mass is 16.5. The normalized spacial score (nSPS) is 17.2. The zero-order chi connectivity index (χ0) is 20.4. The highest BCUT2D eigenvalue weighted by molar-refractivity contribution is 5.86. The van der Waals surface area contributed by atoms with E-state index < -0.39 is 0 Å². The number of hydrogen-bond acceptors (Lipinski definition) is 4. The van der Waals surface area contributed by atoms with Gasteiger partial charge in [0.1, 0.15) is 17.1 Å². The summed E-state index contributed by atoms with van der Waals surface area (Å²) in [5.41, 5.74) is 2.16. The molecule has 7 nitrogen and oxygen atoms in total. The van der Waals surface area contributed by atoms with Crippen LogP contribution >= 0.6 is 0 Å². The van der Waals surface area contributed by atoms with Gasteiger partial charge in [0.25, 0.3) is 5.91 Å². The predicted octanol–water partition coefficient (Wildman–Crippen LogP) is 0.506. The molecule has 1 aromatic heterocycles. The van der Waals surface area contributed by atoms with Crippen molar-refractivity contribution in [2.75, 3.05) is 53.4 Å². The van der Waals surface area contributed by atoms with Gasteiger partial charge in [-0.3, -0.25) is 9.59 Å². The molecule has 1 N–H and O–H groups in total. The molecule has 156 valence electrons. The number of aryl methyl sites for hydroxylation is 2. The standard InChI is InChI=1S/C22H29N3O4/c1-23-9-11-25(12-10-23)21(26)14-24(2)22(27)15-28-16-7-8-20-18(13-16)17-5-3-4-6-19(17)29-20/h7-8,13H,3-6,9-12,14-15H2,1-2H3/p+1. The Balaban J connectivity index is 1.32. The maximum absolute atomic E-state index is 12.4. The van der Waals surface area contributed by atoms with Crippen molar-refractivity contribution in [1.82, 2.24) is 9.80 Å². The Hall–Kier alpha value is -2.54. The second kappa shape index (κ2) is 8.45. The van der Waals surface area contributed by atoms with E-state index in [0.29, 0.717) is 5.75 Å². The first-order valence-corrected chi connectivity index (χ1v) is 10.5. The quantitative estimate of drug-likeness (QED) is 0.794. The van der Waals surface area contributed by atoms with E-state index in [1.165, 1.54) is 28.2 Å². The fourth-order valence-electron chi connectivity index (χ4n) is 4.12. The van der Waals surface area contributed by atoms with Crippen molar-refractivity contribution in [2.24, 2.45) is 0 Å². The van der Waals surface area contributed by atoms with E-state index in [1.54, 1.807) is 7.05 Å². The van der Waals surface area contributed by atoms with Gasteiger partial charge >= 0.3 is 0 Å². The first-order chi connectivity index (χ1) is 14.0. The smallest absolute Gasteiger partial charge is 0.260 e. The zero-order valence-electron chi connectivity index (χ0n) is 17.3. The minimum atomic E-state index is -0.201. The molecular formula is C22H30N3O4+. The van der Waals surface area contributed by atoms with Crippen molar-refractivity contribution in [1.29, 1.82) is 0 Å². The number of nitrogens with zero attached hydrogens (tertiary/aromatic N) is 2. The van der Waals surface area contributed by atoms with Gasteiger partial charge in [0.05, 0.1) is 39.8 Å². The van der Waals surface area contributed by atoms with E-state index in [9.17, 15) is 9.59 Å². The number of carbonyl (C=O) groups is 2. The molecule has 0 spiro atoms. The summed E-state index contributed by atoms with van der Waals surface area (Å²) in [5, 5.41) is 1.09. The lowest BCUT2D eigenvalue weighted by molar-refractivity contribution is -0.883. The number of ether oxygens (including phenoxy) is 1. The third-order valence-corrected chi connectivity index (χ3v) is 6.06. The van der Waals surface area contributed by atoms with Crippen molar-refractivity contribution < 1.29 is 23.6 Å². The van der Waals surface area contributed by atoms with Crippen LogP contribution in [-0.2, 0) is 22.4 Å². The second-order valence-corrected chi connectivity index (χ2v) is 8.25. The molecule has 2 amide bonds. The zero-order valence-corrected chi connectivity index (χ0v) is 17.3. The monoisotopic (exact) mass is 400 g/mol. The van der Waals surface area contributed by atoms with Crippen LogP contribution in [0.1, 0.15) is 24.2 Å². The van der Waals surface area contributed by atoms with Crippen LogP contribution in [0.5, 0.6) is 5.75 Å². The van der Waals surface area contributed by atoms with Crippen molar-refractivity contribution in [3.05, 3.63) is 29.5 Å². The van der Waals surface area contributed by atoms with E-state index in [0.717, 1.165) is 55.8 Å². The Labute approximate surface area is 171 Å². The number of amides is 2. The molecule has 1 aliphatic heterocycles. The lowest BCUT2D eigenvalue weighted by Crippen LogP contribution is -3.12. The van der Waals surface area contributed by atoms with Gasteiger partial charge in [0.2, 0.25) is 5.91 Å². The van der Waals surface area contributed by atoms with Crippen LogP contribution in [0.2, 0.25) is 0 Å². The largest absolute Gasteiger partial charge is 0.484 e. The molecule has 2 aliphatic rings. The molecule has 2 aromatic rings. The Kier molecular flexibility index (Phi) is 5.76. The van der Waals surface area contributed by atoms with Crippen LogP contribution < -0.4 is 9.64 Å². The van der Waals surface area contributed by atoms with Gasteiger partial charge in [-0.05, 0) is 37.5 Å². The Bertz CT molecular complexity index is 899. The predicted molar refractivity (Wildman–Crippen MR) is 109 cm³/mol. The summed E-state index contributed by atoms with van der Waals surface area (Å²) in [5.74, 6) is 1.54. The van der Waals surface area contributed by atoms with Crippen LogP contribution in [-0.4, -0.2) is 75.0 Å². The van der Waals surface area contributed by atoms with Gasteiger partial charge in [-0.2, -0.15) is 0 Å². The molecule has 1 fully saturated rings. The van der Waals surface area contributed by atoms with Gasteiger partial charge < -0.3 is 23.9 Å². The summed E-state index contributed by atoms with van der Waals surface area (Å²) in [6.07, 6.45) is 4.37. The maximum atomic E-state index is 12.4. The van der Waals surface area contributed by atoms with E-state index in [2.05, 4.69) is 7.05 Å². The molecule has 0 bridgehead atoms. The topological polar surface area (TPSA) is 67.4 Å². The molecule has 7 heteroatoms. The second-order valence-electron chi connectivity index (χ2n) is 8.25. The van der Waals surface area contributed by atoms with Crippen LogP contribution in [0.25, 0.3) is 11.0 Å². The molecule has 29 heavy (non-hydrogen) atoms. The minimum absolute atomic E-state index is 0.000190. The number of furan rings is 1. The molecule has 1 aromatic carbocycles. The fourth-order valence-corrected chi connectivity index (χ4v) is 4.12. The van der Waals surface area contributed by atoms with E-state index in [4.69, 9.17) is 9.15 Å². The molecule has 0 radical (unpaired) electrons. The number of quaternary nitrogens is 1. The number of carbonyl (C=O) groups excluding carboxylic acids is 2. The molecule has 0 saturated carbocycles. The van der Waals surface area contributed by atoms with Gasteiger partial charge in [-0.1, -0.05) is 0 Å². The first kappa shape index (κ1) is 19.8. The van der Waals surface area contributed by atoms with Crippen molar-refractivity contribution in [2.45, 2.75) is 25.7 Å². The minimum Gasteiger partial charge on any atom is -0.484 e. The van der Waals surface area contributed by atoms with E-state index in [-0.39, 0.29) is 25.0 Å². The first-order valence-electron chi connectivity index (χ1n) is 10.5. The summed E-state index contributed by atoms with van der Waals surface area (Å²) in [7, 11) is 3.78. The highest BCUT2D eigenvalue weighted by Crippen LogP contribution is 2.33. The van der Waals surface area contributed by atoms with Gasteiger partial charge in [-0.25, -0.2) is 0 Å². The molecule has 0 atom stereocenters. The molecule has 2 heterocycles. The molecular weight excluding hydrogens is 370 g/mol. The van der Waals surface area contributed by atoms with Crippen LogP contribution in [0.4, 0.5) is 0 Å². The van der Waals surface area contributed by atoms with Crippen LogP contribution in [0, 0.1) is 0 Å². The SMILES string of the molecule is CN(CC(=O)N1CC[NH+](C)CC1)C(=O)COc1ccc2oc3c(c2c1)CCCC3. The van der Waals surface area contributed by atoms with Crippen LogP contribution in [0.15, 0.2) is 22.6 Å². The lowest BCUT2D eigenvalue weighted by Gasteiger charge is -2.31. The average Bonchev–Trinajstić information content (AvgIpc) is 3.10. The summed E-state index contributed by atoms with van der Waals surface area (Å²) in [4.78, 5) is 29.6. The summed E-state index contributed by atoms with van der Waals surface area (Å²) >= 11 is 0. The lowest BCUT2D eigenvalue weighted by atomic mass is 9.96. The van der Waals surface area contributed by atoms with Crippen molar-refractivity contribution >= 4 is 22.8 Å². The molecule has 4 rings (SSSR count). The summed E-state index contributed by atoms with van der Waals surface area (Å²) in [6, 6.07) is 5.71. The number of likely N-dealkylation sites (N-methyl/N-ethyl adjacent to an activating group) is 2. The molecule has 1 saturated heterocycles. The van der Waals surface area contributed by atoms with Gasteiger partial charge in [0, 0.05) is 24.4 Å². The van der Waals surface area contributed by atoms with E-state index >= 15 is 0 Å². The summed E-state index contributed by atoms with van der Waals surface area (Å²) in [6.45, 7) is 3.41. The number of benzene rings is 1. The molecule has 1 aliphatic carbocycles. The van der Waals surface area contributed by atoms with Crippen molar-refractivity contribution in [3.63, 3.8) is 0 Å². The number of rotatable bonds is 5. The third-order valence-electron chi connectivity index (χ3n) is 6.06. The number of nitrogens with one attached hydrogen (secondary N) is 1.